The van der Waals surface area contributed by atoms with Gasteiger partial charge in [-0.05, 0) is 57.0 Å². The van der Waals surface area contributed by atoms with Crippen molar-refractivity contribution < 1.29 is 17.6 Å². The van der Waals surface area contributed by atoms with Crippen LogP contribution in [0.3, 0.4) is 0 Å². The summed E-state index contributed by atoms with van der Waals surface area (Å²) < 4.78 is 51.5. The molecular weight excluding hydrogens is 284 g/mol. The Balaban J connectivity index is 2.00. The van der Waals surface area contributed by atoms with Crippen LogP contribution in [0.2, 0.25) is 0 Å². The predicted molar refractivity (Wildman–Crippen MR) is 74.9 cm³/mol. The fourth-order valence-corrected chi connectivity index (χ4v) is 2.75. The highest BCUT2D eigenvalue weighted by molar-refractivity contribution is 5.50. The largest absolute Gasteiger partial charge is 0.416 e. The van der Waals surface area contributed by atoms with E-state index in [0.717, 1.165) is 31.9 Å². The molecule has 2 nitrogen and oxygen atoms in total. The van der Waals surface area contributed by atoms with Gasteiger partial charge in [-0.3, -0.25) is 0 Å². The smallest absolute Gasteiger partial charge is 0.369 e. The number of alkyl halides is 3. The minimum absolute atomic E-state index is 0.273. The van der Waals surface area contributed by atoms with Crippen LogP contribution in [-0.4, -0.2) is 26.7 Å². The van der Waals surface area contributed by atoms with Crippen molar-refractivity contribution in [3.63, 3.8) is 0 Å². The van der Waals surface area contributed by atoms with Crippen LogP contribution < -0.4 is 10.2 Å². The standard InChI is InChI=1S/C15H20F4N2/c1-20-7-4-11-5-8-21(9-6-11)14-3-2-12(10-13(14)16)15(17,18)19/h2-3,10-11,20H,4-9H2,1H3. The molecule has 1 saturated heterocycles. The molecular formula is C15H20F4N2. The van der Waals surface area contributed by atoms with Gasteiger partial charge in [0.2, 0.25) is 0 Å². The number of hydrogen-bond acceptors (Lipinski definition) is 2. The number of rotatable bonds is 4. The van der Waals surface area contributed by atoms with Crippen LogP contribution >= 0.6 is 0 Å². The Morgan fingerprint density at radius 2 is 1.90 bits per heavy atom. The zero-order valence-electron chi connectivity index (χ0n) is 12.0. The van der Waals surface area contributed by atoms with Gasteiger partial charge in [0.1, 0.15) is 5.82 Å². The van der Waals surface area contributed by atoms with E-state index in [1.165, 1.54) is 6.07 Å². The second-order valence-corrected chi connectivity index (χ2v) is 5.49. The summed E-state index contributed by atoms with van der Waals surface area (Å²) in [5.41, 5.74) is -0.664. The van der Waals surface area contributed by atoms with Crippen molar-refractivity contribution in [1.29, 1.82) is 0 Å². The summed E-state index contributed by atoms with van der Waals surface area (Å²) in [4.78, 5) is 1.84. The Morgan fingerprint density at radius 1 is 1.24 bits per heavy atom. The molecule has 1 aromatic carbocycles. The summed E-state index contributed by atoms with van der Waals surface area (Å²) in [6.45, 7) is 2.34. The predicted octanol–water partition coefficient (Wildman–Crippen LogP) is 3.67. The second kappa shape index (κ2) is 6.64. The highest BCUT2D eigenvalue weighted by atomic mass is 19.4. The summed E-state index contributed by atoms with van der Waals surface area (Å²) in [6.07, 6.45) is -1.52. The molecule has 1 N–H and O–H groups in total. The lowest BCUT2D eigenvalue weighted by molar-refractivity contribution is -0.137. The van der Waals surface area contributed by atoms with E-state index in [1.807, 2.05) is 11.9 Å². The van der Waals surface area contributed by atoms with Gasteiger partial charge in [0.15, 0.2) is 0 Å². The Hall–Kier alpha value is -1.30. The number of nitrogens with one attached hydrogen (secondary N) is 1. The van der Waals surface area contributed by atoms with E-state index in [2.05, 4.69) is 5.32 Å². The maximum atomic E-state index is 13.9. The monoisotopic (exact) mass is 304 g/mol. The second-order valence-electron chi connectivity index (χ2n) is 5.49. The van der Waals surface area contributed by atoms with Gasteiger partial charge in [0, 0.05) is 13.1 Å². The van der Waals surface area contributed by atoms with E-state index in [9.17, 15) is 17.6 Å². The first-order valence-electron chi connectivity index (χ1n) is 7.18. The van der Waals surface area contributed by atoms with Crippen molar-refractivity contribution in [3.05, 3.63) is 29.6 Å². The first-order valence-corrected chi connectivity index (χ1v) is 7.18. The molecule has 21 heavy (non-hydrogen) atoms. The molecule has 1 aliphatic heterocycles. The third-order valence-electron chi connectivity index (χ3n) is 4.03. The van der Waals surface area contributed by atoms with Crippen LogP contribution in [0.15, 0.2) is 18.2 Å². The molecule has 2 rings (SSSR count). The average Bonchev–Trinajstić information content (AvgIpc) is 2.45. The van der Waals surface area contributed by atoms with Crippen LogP contribution in [0.1, 0.15) is 24.8 Å². The minimum Gasteiger partial charge on any atom is -0.369 e. The van der Waals surface area contributed by atoms with Crippen molar-refractivity contribution in [2.45, 2.75) is 25.4 Å². The first-order chi connectivity index (χ1) is 9.91. The molecule has 0 unspecified atom stereocenters. The lowest BCUT2D eigenvalue weighted by atomic mass is 9.93. The number of nitrogens with zero attached hydrogens (tertiary/aromatic N) is 1. The number of benzene rings is 1. The van der Waals surface area contributed by atoms with Crippen LogP contribution in [0, 0.1) is 11.7 Å². The summed E-state index contributed by atoms with van der Waals surface area (Å²) >= 11 is 0. The minimum atomic E-state index is -4.50. The van der Waals surface area contributed by atoms with Gasteiger partial charge in [0.05, 0.1) is 11.3 Å². The van der Waals surface area contributed by atoms with Crippen molar-refractivity contribution in [2.75, 3.05) is 31.6 Å². The SMILES string of the molecule is CNCCC1CCN(c2ccc(C(F)(F)F)cc2F)CC1. The van der Waals surface area contributed by atoms with Gasteiger partial charge in [-0.1, -0.05) is 0 Å². The molecule has 118 valence electrons. The molecule has 0 aromatic heterocycles. The van der Waals surface area contributed by atoms with Gasteiger partial charge >= 0.3 is 6.18 Å². The van der Waals surface area contributed by atoms with E-state index in [-0.39, 0.29) is 5.69 Å². The van der Waals surface area contributed by atoms with Crippen LogP contribution in [-0.2, 0) is 6.18 Å². The first kappa shape index (κ1) is 16.1. The summed E-state index contributed by atoms with van der Waals surface area (Å²) in [6, 6.07) is 2.78. The number of hydrogen-bond donors (Lipinski definition) is 1. The maximum Gasteiger partial charge on any atom is 0.416 e. The highest BCUT2D eigenvalue weighted by Gasteiger charge is 2.32. The van der Waals surface area contributed by atoms with E-state index < -0.39 is 17.6 Å². The average molecular weight is 304 g/mol. The van der Waals surface area contributed by atoms with Gasteiger partial charge in [-0.25, -0.2) is 4.39 Å². The molecule has 0 bridgehead atoms. The van der Waals surface area contributed by atoms with E-state index in [1.54, 1.807) is 0 Å². The Kier molecular flexibility index (Phi) is 5.08. The topological polar surface area (TPSA) is 15.3 Å². The van der Waals surface area contributed by atoms with Gasteiger partial charge in [-0.15, -0.1) is 0 Å². The molecule has 0 spiro atoms. The summed E-state index contributed by atoms with van der Waals surface area (Å²) in [5.74, 6) is -0.190. The van der Waals surface area contributed by atoms with Crippen LogP contribution in [0.25, 0.3) is 0 Å². The molecule has 6 heteroatoms. The van der Waals surface area contributed by atoms with Crippen LogP contribution in [0.4, 0.5) is 23.2 Å². The highest BCUT2D eigenvalue weighted by Crippen LogP contribution is 2.33. The summed E-state index contributed by atoms with van der Waals surface area (Å²) in [7, 11) is 1.91. The lowest BCUT2D eigenvalue weighted by Crippen LogP contribution is -2.35. The summed E-state index contributed by atoms with van der Waals surface area (Å²) in [5, 5.41) is 3.11. The molecule has 0 atom stereocenters. The molecule has 1 heterocycles. The lowest BCUT2D eigenvalue weighted by Gasteiger charge is -2.34. The van der Waals surface area contributed by atoms with Gasteiger partial charge in [0.25, 0.3) is 0 Å². The molecule has 1 aromatic rings. The normalized spacial score (nSPS) is 17.3. The van der Waals surface area contributed by atoms with Crippen LogP contribution in [0.5, 0.6) is 0 Å². The van der Waals surface area contributed by atoms with Crippen molar-refractivity contribution in [1.82, 2.24) is 5.32 Å². The molecule has 1 fully saturated rings. The quantitative estimate of drug-likeness (QED) is 0.854. The van der Waals surface area contributed by atoms with Crippen molar-refractivity contribution in [3.8, 4) is 0 Å². The Morgan fingerprint density at radius 3 is 2.43 bits per heavy atom. The van der Waals surface area contributed by atoms with Gasteiger partial charge < -0.3 is 10.2 Å². The molecule has 0 aliphatic carbocycles. The number of piperidine rings is 1. The zero-order chi connectivity index (χ0) is 15.5. The van der Waals surface area contributed by atoms with Crippen molar-refractivity contribution in [2.24, 2.45) is 5.92 Å². The van der Waals surface area contributed by atoms with Crippen molar-refractivity contribution >= 4 is 5.69 Å². The maximum absolute atomic E-state index is 13.9. The van der Waals surface area contributed by atoms with E-state index in [0.29, 0.717) is 25.1 Å². The van der Waals surface area contributed by atoms with Gasteiger partial charge in [-0.2, -0.15) is 13.2 Å². The third-order valence-corrected chi connectivity index (χ3v) is 4.03. The number of anilines is 1. The molecule has 1 aliphatic rings. The Labute approximate surface area is 122 Å². The molecule has 0 saturated carbocycles. The van der Waals surface area contributed by atoms with E-state index >= 15 is 0 Å². The molecule has 0 radical (unpaired) electrons. The Bertz CT molecular complexity index is 465. The fraction of sp³-hybridized carbons (Fsp3) is 0.600. The third kappa shape index (κ3) is 4.09. The fourth-order valence-electron chi connectivity index (χ4n) is 2.75. The zero-order valence-corrected chi connectivity index (χ0v) is 12.0. The van der Waals surface area contributed by atoms with E-state index in [4.69, 9.17) is 0 Å². The molecule has 0 amide bonds. The number of halogens is 4.